The molecule has 0 bridgehead atoms. The number of aromatic nitrogens is 1. The highest BCUT2D eigenvalue weighted by atomic mass is 35.5. The van der Waals surface area contributed by atoms with E-state index in [0.717, 1.165) is 12.8 Å². The van der Waals surface area contributed by atoms with E-state index in [1.807, 2.05) is 6.92 Å². The van der Waals surface area contributed by atoms with Crippen molar-refractivity contribution in [3.05, 3.63) is 23.4 Å². The average Bonchev–Trinajstić information content (AvgIpc) is 2.44. The predicted octanol–water partition coefficient (Wildman–Crippen LogP) is 2.64. The summed E-state index contributed by atoms with van der Waals surface area (Å²) in [6.45, 7) is 7.11. The fourth-order valence-electron chi connectivity index (χ4n) is 1.49. The fraction of sp³-hybridized carbons (Fsp3) is 0.643. The van der Waals surface area contributed by atoms with Gasteiger partial charge in [0.2, 0.25) is 5.88 Å². The van der Waals surface area contributed by atoms with Gasteiger partial charge in [0.1, 0.15) is 11.6 Å². The first-order valence-electron chi connectivity index (χ1n) is 6.67. The molecule has 1 unspecified atom stereocenters. The van der Waals surface area contributed by atoms with Crippen LogP contribution in [-0.4, -0.2) is 34.9 Å². The van der Waals surface area contributed by atoms with Crippen molar-refractivity contribution in [3.63, 3.8) is 0 Å². The molecule has 2 N–H and O–H groups in total. The van der Waals surface area contributed by atoms with Crippen molar-refractivity contribution in [2.24, 2.45) is 0 Å². The summed E-state index contributed by atoms with van der Waals surface area (Å²) in [7, 11) is 0. The Labute approximate surface area is 120 Å². The second-order valence-electron chi connectivity index (χ2n) is 4.94. The molecule has 2 atom stereocenters. The number of halogens is 1. The SMILES string of the molecule is CC[C@@H](O)CNC(C)(CC)COc1ncccc1Cl. The molecule has 0 radical (unpaired) electrons. The number of pyridine rings is 1. The molecule has 1 aromatic rings. The highest BCUT2D eigenvalue weighted by molar-refractivity contribution is 6.31. The van der Waals surface area contributed by atoms with Crippen LogP contribution in [0.25, 0.3) is 0 Å². The average molecular weight is 287 g/mol. The molecule has 108 valence electrons. The van der Waals surface area contributed by atoms with Gasteiger partial charge in [-0.05, 0) is 31.9 Å². The molecule has 1 heterocycles. The molecule has 4 nitrogen and oxygen atoms in total. The maximum absolute atomic E-state index is 9.61. The smallest absolute Gasteiger partial charge is 0.232 e. The number of nitrogens with one attached hydrogen (secondary N) is 1. The van der Waals surface area contributed by atoms with E-state index in [1.54, 1.807) is 18.3 Å². The van der Waals surface area contributed by atoms with Crippen molar-refractivity contribution < 1.29 is 9.84 Å². The van der Waals surface area contributed by atoms with E-state index in [1.165, 1.54) is 0 Å². The first-order valence-corrected chi connectivity index (χ1v) is 7.05. The van der Waals surface area contributed by atoms with E-state index in [-0.39, 0.29) is 11.6 Å². The van der Waals surface area contributed by atoms with Crippen LogP contribution in [0.15, 0.2) is 18.3 Å². The first-order chi connectivity index (χ1) is 9.00. The van der Waals surface area contributed by atoms with Gasteiger partial charge in [-0.3, -0.25) is 0 Å². The number of hydrogen-bond donors (Lipinski definition) is 2. The Kier molecular flexibility index (Phi) is 6.55. The first kappa shape index (κ1) is 16.2. The zero-order valence-electron chi connectivity index (χ0n) is 11.8. The summed E-state index contributed by atoms with van der Waals surface area (Å²) in [5, 5.41) is 13.5. The van der Waals surface area contributed by atoms with Crippen LogP contribution in [0.3, 0.4) is 0 Å². The summed E-state index contributed by atoms with van der Waals surface area (Å²) >= 11 is 6.00. The van der Waals surface area contributed by atoms with Gasteiger partial charge in [0.25, 0.3) is 0 Å². The third-order valence-electron chi connectivity index (χ3n) is 3.27. The monoisotopic (exact) mass is 286 g/mol. The Morgan fingerprint density at radius 3 is 2.84 bits per heavy atom. The van der Waals surface area contributed by atoms with Gasteiger partial charge in [-0.2, -0.15) is 0 Å². The third-order valence-corrected chi connectivity index (χ3v) is 3.56. The van der Waals surface area contributed by atoms with Gasteiger partial charge in [-0.1, -0.05) is 25.4 Å². The molecule has 0 spiro atoms. The van der Waals surface area contributed by atoms with E-state index in [0.29, 0.717) is 24.1 Å². The van der Waals surface area contributed by atoms with E-state index in [2.05, 4.69) is 24.1 Å². The third kappa shape index (κ3) is 5.35. The second kappa shape index (κ2) is 7.68. The Balaban J connectivity index is 2.54. The zero-order valence-corrected chi connectivity index (χ0v) is 12.6. The lowest BCUT2D eigenvalue weighted by Crippen LogP contribution is -2.49. The highest BCUT2D eigenvalue weighted by Crippen LogP contribution is 2.21. The Morgan fingerprint density at radius 2 is 2.26 bits per heavy atom. The summed E-state index contributed by atoms with van der Waals surface area (Å²) in [5.74, 6) is 0.446. The van der Waals surface area contributed by atoms with Crippen LogP contribution in [0.4, 0.5) is 0 Å². The number of aliphatic hydroxyl groups is 1. The van der Waals surface area contributed by atoms with E-state index >= 15 is 0 Å². The number of rotatable bonds is 8. The van der Waals surface area contributed by atoms with Crippen molar-refractivity contribution in [1.29, 1.82) is 0 Å². The van der Waals surface area contributed by atoms with Gasteiger partial charge < -0.3 is 15.2 Å². The quantitative estimate of drug-likeness (QED) is 0.771. The maximum atomic E-state index is 9.61. The van der Waals surface area contributed by atoms with Crippen LogP contribution in [0.2, 0.25) is 5.02 Å². The zero-order chi connectivity index (χ0) is 14.3. The summed E-state index contributed by atoms with van der Waals surface area (Å²) in [4.78, 5) is 4.10. The van der Waals surface area contributed by atoms with Gasteiger partial charge >= 0.3 is 0 Å². The van der Waals surface area contributed by atoms with Crippen molar-refractivity contribution in [3.8, 4) is 5.88 Å². The molecule has 0 fully saturated rings. The van der Waals surface area contributed by atoms with Crippen LogP contribution in [0.5, 0.6) is 5.88 Å². The van der Waals surface area contributed by atoms with Crippen molar-refractivity contribution >= 4 is 11.6 Å². The standard InChI is InChI=1S/C14H23ClN2O2/c1-4-11(18)9-17-14(3,5-2)10-19-13-12(15)7-6-8-16-13/h6-8,11,17-18H,4-5,9-10H2,1-3H3/t11-,14?/m1/s1. The minimum absolute atomic E-state index is 0.211. The topological polar surface area (TPSA) is 54.4 Å². The van der Waals surface area contributed by atoms with Crippen molar-refractivity contribution in [2.75, 3.05) is 13.2 Å². The van der Waals surface area contributed by atoms with E-state index < -0.39 is 0 Å². The van der Waals surface area contributed by atoms with Crippen LogP contribution < -0.4 is 10.1 Å². The minimum Gasteiger partial charge on any atom is -0.475 e. The van der Waals surface area contributed by atoms with Crippen LogP contribution in [-0.2, 0) is 0 Å². The lowest BCUT2D eigenvalue weighted by atomic mass is 10.00. The number of ether oxygens (including phenoxy) is 1. The molecule has 0 amide bonds. The molecule has 1 rings (SSSR count). The fourth-order valence-corrected chi connectivity index (χ4v) is 1.67. The molecule has 1 aromatic heterocycles. The molecule has 19 heavy (non-hydrogen) atoms. The van der Waals surface area contributed by atoms with Crippen LogP contribution in [0.1, 0.15) is 33.6 Å². The summed E-state index contributed by atoms with van der Waals surface area (Å²) in [6.07, 6.45) is 2.94. The molecule has 0 aliphatic carbocycles. The van der Waals surface area contributed by atoms with E-state index in [4.69, 9.17) is 16.3 Å². The summed E-state index contributed by atoms with van der Waals surface area (Å²) in [6, 6.07) is 3.52. The molecular formula is C14H23ClN2O2. The Bertz CT molecular complexity index is 389. The summed E-state index contributed by atoms with van der Waals surface area (Å²) < 4.78 is 5.67. The number of hydrogen-bond acceptors (Lipinski definition) is 4. The predicted molar refractivity (Wildman–Crippen MR) is 77.7 cm³/mol. The number of β-amino-alcohol motifs (C(OH)–C–C–N with tert-alkyl or cyclic N) is 1. The van der Waals surface area contributed by atoms with Gasteiger partial charge in [0.05, 0.1) is 6.10 Å². The molecule has 0 aliphatic heterocycles. The van der Waals surface area contributed by atoms with Gasteiger partial charge in [-0.15, -0.1) is 0 Å². The Hall–Kier alpha value is -0.840. The molecular weight excluding hydrogens is 264 g/mol. The lowest BCUT2D eigenvalue weighted by Gasteiger charge is -2.30. The molecule has 0 aliphatic rings. The van der Waals surface area contributed by atoms with Crippen molar-refractivity contribution in [1.82, 2.24) is 10.3 Å². The largest absolute Gasteiger partial charge is 0.475 e. The molecule has 0 saturated carbocycles. The lowest BCUT2D eigenvalue weighted by molar-refractivity contribution is 0.129. The van der Waals surface area contributed by atoms with Gasteiger partial charge in [-0.25, -0.2) is 4.98 Å². The Morgan fingerprint density at radius 1 is 1.53 bits per heavy atom. The van der Waals surface area contributed by atoms with Gasteiger partial charge in [0.15, 0.2) is 0 Å². The normalized spacial score (nSPS) is 15.8. The molecule has 0 aromatic carbocycles. The number of nitrogens with zero attached hydrogens (tertiary/aromatic N) is 1. The number of aliphatic hydroxyl groups excluding tert-OH is 1. The maximum Gasteiger partial charge on any atom is 0.232 e. The van der Waals surface area contributed by atoms with Crippen LogP contribution in [0, 0.1) is 0 Å². The summed E-state index contributed by atoms with van der Waals surface area (Å²) in [5.41, 5.74) is -0.211. The van der Waals surface area contributed by atoms with Gasteiger partial charge in [0, 0.05) is 18.3 Å². The molecule has 5 heteroatoms. The highest BCUT2D eigenvalue weighted by Gasteiger charge is 2.23. The second-order valence-corrected chi connectivity index (χ2v) is 5.34. The van der Waals surface area contributed by atoms with Crippen molar-refractivity contribution in [2.45, 2.75) is 45.3 Å². The van der Waals surface area contributed by atoms with E-state index in [9.17, 15) is 5.11 Å². The van der Waals surface area contributed by atoms with Crippen LogP contribution >= 0.6 is 11.6 Å². The molecule has 0 saturated heterocycles. The minimum atomic E-state index is -0.329.